The van der Waals surface area contributed by atoms with Gasteiger partial charge in [0.1, 0.15) is 0 Å². The van der Waals surface area contributed by atoms with Crippen LogP contribution in [0.25, 0.3) is 5.57 Å². The van der Waals surface area contributed by atoms with Gasteiger partial charge in [-0.2, -0.15) is 0 Å². The fourth-order valence-corrected chi connectivity index (χ4v) is 3.17. The van der Waals surface area contributed by atoms with E-state index < -0.39 is 0 Å². The van der Waals surface area contributed by atoms with Gasteiger partial charge >= 0.3 is 0 Å². The Morgan fingerprint density at radius 3 is 3.05 bits per heavy atom. The third-order valence-corrected chi connectivity index (χ3v) is 4.35. The third-order valence-electron chi connectivity index (χ3n) is 4.35. The van der Waals surface area contributed by atoms with E-state index >= 15 is 0 Å². The molecule has 19 heavy (non-hydrogen) atoms. The zero-order valence-electron chi connectivity index (χ0n) is 11.3. The summed E-state index contributed by atoms with van der Waals surface area (Å²) in [7, 11) is 0. The minimum absolute atomic E-state index is 0.180. The van der Waals surface area contributed by atoms with Gasteiger partial charge in [0.2, 0.25) is 0 Å². The van der Waals surface area contributed by atoms with E-state index in [-0.39, 0.29) is 6.10 Å². The summed E-state index contributed by atoms with van der Waals surface area (Å²) in [5.74, 6) is 0.412. The largest absolute Gasteiger partial charge is 0.398 e. The van der Waals surface area contributed by atoms with Crippen molar-refractivity contribution in [2.45, 2.75) is 25.9 Å². The molecule has 4 heteroatoms. The van der Waals surface area contributed by atoms with Crippen molar-refractivity contribution < 1.29 is 5.11 Å². The first-order valence-electron chi connectivity index (χ1n) is 7.02. The van der Waals surface area contributed by atoms with E-state index in [0.29, 0.717) is 5.92 Å². The lowest BCUT2D eigenvalue weighted by Crippen LogP contribution is -2.24. The molecule has 3 N–H and O–H groups in total. The van der Waals surface area contributed by atoms with Crippen molar-refractivity contribution in [2.24, 2.45) is 5.92 Å². The van der Waals surface area contributed by atoms with Gasteiger partial charge in [-0.05, 0) is 30.4 Å². The average Bonchev–Trinajstić information content (AvgIpc) is 2.95. The molecule has 0 unspecified atom stereocenters. The molecule has 0 bridgehead atoms. The van der Waals surface area contributed by atoms with Gasteiger partial charge in [-0.1, -0.05) is 13.0 Å². The van der Waals surface area contributed by atoms with Crippen LogP contribution in [0.4, 0.5) is 5.69 Å². The summed E-state index contributed by atoms with van der Waals surface area (Å²) in [5, 5.41) is 9.98. The highest BCUT2D eigenvalue weighted by atomic mass is 16.3. The molecule has 102 valence electrons. The van der Waals surface area contributed by atoms with Crippen molar-refractivity contribution in [1.82, 2.24) is 9.88 Å². The number of pyridine rings is 1. The molecule has 2 aliphatic rings. The number of rotatable bonds is 3. The fourth-order valence-electron chi connectivity index (χ4n) is 3.17. The Morgan fingerprint density at radius 1 is 1.47 bits per heavy atom. The van der Waals surface area contributed by atoms with Crippen LogP contribution in [0.1, 0.15) is 24.6 Å². The molecule has 1 aliphatic heterocycles. The number of aliphatic hydroxyl groups excluding tert-OH is 1. The molecule has 1 aromatic rings. The molecule has 2 heterocycles. The summed E-state index contributed by atoms with van der Waals surface area (Å²) < 4.78 is 0. The number of allylic oxidation sites excluding steroid dienone is 1. The second-order valence-electron chi connectivity index (χ2n) is 5.59. The van der Waals surface area contributed by atoms with Gasteiger partial charge in [0, 0.05) is 37.1 Å². The van der Waals surface area contributed by atoms with Crippen molar-refractivity contribution in [2.75, 3.05) is 25.4 Å². The Labute approximate surface area is 113 Å². The van der Waals surface area contributed by atoms with Crippen molar-refractivity contribution in [3.05, 3.63) is 29.6 Å². The van der Waals surface area contributed by atoms with E-state index in [4.69, 9.17) is 5.73 Å². The summed E-state index contributed by atoms with van der Waals surface area (Å²) in [6.07, 6.45) is 5.75. The first kappa shape index (κ1) is 12.6. The molecule has 1 aromatic heterocycles. The highest BCUT2D eigenvalue weighted by Crippen LogP contribution is 2.31. The summed E-state index contributed by atoms with van der Waals surface area (Å²) in [6.45, 7) is 4.76. The quantitative estimate of drug-likeness (QED) is 0.859. The highest BCUT2D eigenvalue weighted by Gasteiger charge is 2.31. The molecule has 1 saturated heterocycles. The predicted molar refractivity (Wildman–Crippen MR) is 76.6 cm³/mol. The minimum atomic E-state index is -0.180. The van der Waals surface area contributed by atoms with Gasteiger partial charge in [0.25, 0.3) is 0 Å². The first-order valence-corrected chi connectivity index (χ1v) is 7.02. The van der Waals surface area contributed by atoms with E-state index in [1.54, 1.807) is 6.20 Å². The maximum Gasteiger partial charge on any atom is 0.0727 e. The average molecular weight is 259 g/mol. The summed E-state index contributed by atoms with van der Waals surface area (Å²) >= 11 is 0. The number of nitrogen functional groups attached to an aromatic ring is 1. The second kappa shape index (κ2) is 4.94. The predicted octanol–water partition coefficient (Wildman–Crippen LogP) is 1.31. The summed E-state index contributed by atoms with van der Waals surface area (Å²) in [4.78, 5) is 6.79. The Kier molecular flexibility index (Phi) is 3.29. The number of likely N-dealkylation sites (tertiary alicyclic amines) is 1. The highest BCUT2D eigenvalue weighted by molar-refractivity contribution is 5.75. The molecule has 1 fully saturated rings. The van der Waals surface area contributed by atoms with Crippen molar-refractivity contribution in [1.29, 1.82) is 0 Å². The van der Waals surface area contributed by atoms with Gasteiger partial charge in [-0.3, -0.25) is 9.88 Å². The zero-order valence-corrected chi connectivity index (χ0v) is 11.3. The monoisotopic (exact) mass is 259 g/mol. The number of anilines is 1. The molecule has 0 spiro atoms. The number of hydrogen-bond acceptors (Lipinski definition) is 4. The maximum atomic E-state index is 9.98. The lowest BCUT2D eigenvalue weighted by molar-refractivity contribution is 0.141. The minimum Gasteiger partial charge on any atom is -0.398 e. The Morgan fingerprint density at radius 2 is 2.32 bits per heavy atom. The van der Waals surface area contributed by atoms with Gasteiger partial charge in [0.15, 0.2) is 0 Å². The molecular formula is C15H21N3O. The van der Waals surface area contributed by atoms with Gasteiger partial charge in [0.05, 0.1) is 11.8 Å². The molecule has 3 rings (SSSR count). The van der Waals surface area contributed by atoms with Crippen LogP contribution in [0, 0.1) is 5.92 Å². The van der Waals surface area contributed by atoms with Gasteiger partial charge in [-0.25, -0.2) is 0 Å². The van der Waals surface area contributed by atoms with E-state index in [1.807, 2.05) is 6.07 Å². The van der Waals surface area contributed by atoms with E-state index in [1.165, 1.54) is 5.57 Å². The lowest BCUT2D eigenvalue weighted by Gasteiger charge is -2.16. The standard InChI is InChI=1S/C15H21N3O/c1-2-10-7-18(9-14(10)19)8-11-3-4-12-13(16)5-6-17-15(11)12/h3,5-6,10,14,19H,2,4,7-9H2,1H3,(H2,16,17)/t10-,14+/m0/s1. The molecule has 0 aromatic carbocycles. The number of aromatic nitrogens is 1. The summed E-state index contributed by atoms with van der Waals surface area (Å²) in [5.41, 5.74) is 10.3. The molecule has 0 radical (unpaired) electrons. The molecule has 0 saturated carbocycles. The number of nitrogens with two attached hydrogens (primary N) is 1. The zero-order chi connectivity index (χ0) is 13.4. The Balaban J connectivity index is 1.72. The van der Waals surface area contributed by atoms with Crippen molar-refractivity contribution in [3.8, 4) is 0 Å². The molecule has 4 nitrogen and oxygen atoms in total. The smallest absolute Gasteiger partial charge is 0.0727 e. The van der Waals surface area contributed by atoms with Crippen LogP contribution >= 0.6 is 0 Å². The van der Waals surface area contributed by atoms with E-state index in [2.05, 4.69) is 22.9 Å². The second-order valence-corrected chi connectivity index (χ2v) is 5.59. The maximum absolute atomic E-state index is 9.98. The molecular weight excluding hydrogens is 238 g/mol. The number of β-amino-alcohol motifs (C(OH)–C–C–N with tert-alkyl or cyclic N) is 1. The Hall–Kier alpha value is -1.39. The van der Waals surface area contributed by atoms with Gasteiger partial charge < -0.3 is 10.8 Å². The topological polar surface area (TPSA) is 62.4 Å². The lowest BCUT2D eigenvalue weighted by atomic mass is 10.0. The van der Waals surface area contributed by atoms with Crippen LogP contribution in [0.15, 0.2) is 18.3 Å². The number of fused-ring (bicyclic) bond motifs is 1. The van der Waals surface area contributed by atoms with Crippen molar-refractivity contribution >= 4 is 11.3 Å². The van der Waals surface area contributed by atoms with Crippen LogP contribution < -0.4 is 5.73 Å². The molecule has 0 amide bonds. The van der Waals surface area contributed by atoms with Crippen LogP contribution in [0.2, 0.25) is 0 Å². The SMILES string of the molecule is CC[C@H]1CN(CC2=CCc3c(N)ccnc32)C[C@H]1O. The Bertz CT molecular complexity index is 512. The molecule has 2 atom stereocenters. The van der Waals surface area contributed by atoms with Crippen LogP contribution in [0.3, 0.4) is 0 Å². The van der Waals surface area contributed by atoms with E-state index in [0.717, 1.165) is 49.4 Å². The molecule has 1 aliphatic carbocycles. The third kappa shape index (κ3) is 2.26. The number of hydrogen-bond donors (Lipinski definition) is 2. The van der Waals surface area contributed by atoms with Crippen LogP contribution in [0.5, 0.6) is 0 Å². The summed E-state index contributed by atoms with van der Waals surface area (Å²) in [6, 6.07) is 1.86. The van der Waals surface area contributed by atoms with Crippen LogP contribution in [-0.2, 0) is 6.42 Å². The number of nitrogens with zero attached hydrogens (tertiary/aromatic N) is 2. The van der Waals surface area contributed by atoms with E-state index in [9.17, 15) is 5.11 Å². The first-order chi connectivity index (χ1) is 9.19. The van der Waals surface area contributed by atoms with Gasteiger partial charge in [-0.15, -0.1) is 0 Å². The van der Waals surface area contributed by atoms with Crippen LogP contribution in [-0.4, -0.2) is 40.7 Å². The number of aliphatic hydroxyl groups is 1. The fraction of sp³-hybridized carbons (Fsp3) is 0.533. The normalized spacial score (nSPS) is 26.5. The van der Waals surface area contributed by atoms with Crippen molar-refractivity contribution in [3.63, 3.8) is 0 Å².